The van der Waals surface area contributed by atoms with Crippen LogP contribution in [0.2, 0.25) is 0 Å². The lowest BCUT2D eigenvalue weighted by Crippen LogP contribution is -2.50. The molecule has 1 aliphatic heterocycles. The summed E-state index contributed by atoms with van der Waals surface area (Å²) in [4.78, 5) is 2.53. The number of benzene rings is 1. The van der Waals surface area contributed by atoms with Gasteiger partial charge < -0.3 is 0 Å². The Kier molecular flexibility index (Phi) is 4.28. The van der Waals surface area contributed by atoms with Gasteiger partial charge in [-0.05, 0) is 24.6 Å². The van der Waals surface area contributed by atoms with Crippen molar-refractivity contribution in [3.05, 3.63) is 48.3 Å². The van der Waals surface area contributed by atoms with Gasteiger partial charge in [0.05, 0.1) is 17.1 Å². The first-order valence-electron chi connectivity index (χ1n) is 7.32. The van der Waals surface area contributed by atoms with E-state index >= 15 is 0 Å². The summed E-state index contributed by atoms with van der Waals surface area (Å²) >= 11 is 0. The Balaban J connectivity index is 1.43. The maximum absolute atomic E-state index is 12.1. The van der Waals surface area contributed by atoms with Crippen LogP contribution in [-0.2, 0) is 10.0 Å². The van der Waals surface area contributed by atoms with Crippen LogP contribution in [0.25, 0.3) is 0 Å². The van der Waals surface area contributed by atoms with Crippen molar-refractivity contribution in [3.8, 4) is 0 Å². The summed E-state index contributed by atoms with van der Waals surface area (Å²) in [5, 5.41) is 4.31. The second kappa shape index (κ2) is 6.20. The smallest absolute Gasteiger partial charge is 0.240 e. The van der Waals surface area contributed by atoms with Crippen LogP contribution in [0, 0.1) is 6.92 Å². The summed E-state index contributed by atoms with van der Waals surface area (Å²) in [6, 6.07) is 8.85. The molecule has 0 atom stereocenters. The molecule has 3 rings (SSSR count). The molecule has 1 N–H and O–H groups in total. The SMILES string of the molecule is Cc1cnn(C2CN(CCNS(=O)(=O)c3ccccc3)C2)c1. The Bertz CT molecular complexity index is 721. The molecular formula is C15H20N4O2S. The van der Waals surface area contributed by atoms with Crippen molar-refractivity contribution in [2.45, 2.75) is 17.9 Å². The Morgan fingerprint density at radius 3 is 2.64 bits per heavy atom. The number of hydrogen-bond donors (Lipinski definition) is 1. The van der Waals surface area contributed by atoms with Gasteiger partial charge in [-0.15, -0.1) is 0 Å². The molecule has 2 aromatic rings. The van der Waals surface area contributed by atoms with E-state index in [0.29, 0.717) is 24.0 Å². The van der Waals surface area contributed by atoms with Crippen molar-refractivity contribution in [2.24, 2.45) is 0 Å². The quantitative estimate of drug-likeness (QED) is 0.863. The Morgan fingerprint density at radius 1 is 1.27 bits per heavy atom. The fourth-order valence-corrected chi connectivity index (χ4v) is 3.59. The first-order valence-corrected chi connectivity index (χ1v) is 8.81. The third kappa shape index (κ3) is 3.37. The van der Waals surface area contributed by atoms with Crippen LogP contribution in [0.5, 0.6) is 0 Å². The summed E-state index contributed by atoms with van der Waals surface area (Å²) in [6.07, 6.45) is 3.90. The topological polar surface area (TPSA) is 67.2 Å². The zero-order valence-electron chi connectivity index (χ0n) is 12.5. The summed E-state index contributed by atoms with van der Waals surface area (Å²) in [6.45, 7) is 4.98. The van der Waals surface area contributed by atoms with Crippen molar-refractivity contribution < 1.29 is 8.42 Å². The van der Waals surface area contributed by atoms with Crippen molar-refractivity contribution in [1.29, 1.82) is 0 Å². The summed E-state index contributed by atoms with van der Waals surface area (Å²) < 4.78 is 28.8. The van der Waals surface area contributed by atoms with E-state index in [4.69, 9.17) is 0 Å². The molecule has 0 bridgehead atoms. The highest BCUT2D eigenvalue weighted by Crippen LogP contribution is 2.20. The predicted octanol–water partition coefficient (Wildman–Crippen LogP) is 1.03. The molecule has 0 radical (unpaired) electrons. The molecule has 0 spiro atoms. The Hall–Kier alpha value is -1.70. The minimum atomic E-state index is -3.40. The lowest BCUT2D eigenvalue weighted by Gasteiger charge is -2.39. The van der Waals surface area contributed by atoms with Crippen molar-refractivity contribution in [2.75, 3.05) is 26.2 Å². The van der Waals surface area contributed by atoms with Crippen molar-refractivity contribution in [1.82, 2.24) is 19.4 Å². The van der Waals surface area contributed by atoms with Gasteiger partial charge in [0.15, 0.2) is 0 Å². The molecule has 2 heterocycles. The van der Waals surface area contributed by atoms with Crippen LogP contribution in [0.3, 0.4) is 0 Å². The van der Waals surface area contributed by atoms with Gasteiger partial charge in [-0.2, -0.15) is 5.10 Å². The molecule has 1 fully saturated rings. The van der Waals surface area contributed by atoms with E-state index in [-0.39, 0.29) is 0 Å². The highest BCUT2D eigenvalue weighted by atomic mass is 32.2. The van der Waals surface area contributed by atoms with Crippen molar-refractivity contribution >= 4 is 10.0 Å². The van der Waals surface area contributed by atoms with E-state index in [1.54, 1.807) is 30.3 Å². The van der Waals surface area contributed by atoms with Gasteiger partial charge in [-0.25, -0.2) is 13.1 Å². The maximum Gasteiger partial charge on any atom is 0.240 e. The molecule has 1 aromatic heterocycles. The minimum Gasteiger partial charge on any atom is -0.298 e. The predicted molar refractivity (Wildman–Crippen MR) is 84.1 cm³/mol. The lowest BCUT2D eigenvalue weighted by molar-refractivity contribution is 0.101. The first kappa shape index (κ1) is 15.2. The second-order valence-electron chi connectivity index (χ2n) is 5.62. The number of aromatic nitrogens is 2. The van der Waals surface area contributed by atoms with Crippen LogP contribution < -0.4 is 4.72 Å². The standard InChI is InChI=1S/C15H20N4O2S/c1-13-9-16-19(10-13)14-11-18(12-14)8-7-17-22(20,21)15-5-3-2-4-6-15/h2-6,9-10,14,17H,7-8,11-12H2,1H3. The van der Waals surface area contributed by atoms with Crippen molar-refractivity contribution in [3.63, 3.8) is 0 Å². The Labute approximate surface area is 130 Å². The molecule has 22 heavy (non-hydrogen) atoms. The molecule has 118 valence electrons. The first-order chi connectivity index (χ1) is 10.5. The van der Waals surface area contributed by atoms with Crippen LogP contribution in [-0.4, -0.2) is 49.3 Å². The van der Waals surface area contributed by atoms with Gasteiger partial charge in [0.25, 0.3) is 0 Å². The van der Waals surface area contributed by atoms with Gasteiger partial charge in [0.1, 0.15) is 0 Å². The van der Waals surface area contributed by atoms with Gasteiger partial charge in [0.2, 0.25) is 10.0 Å². The van der Waals surface area contributed by atoms with Crippen LogP contribution in [0.1, 0.15) is 11.6 Å². The van der Waals surface area contributed by atoms with Crippen LogP contribution >= 0.6 is 0 Å². The van der Waals surface area contributed by atoms with E-state index < -0.39 is 10.0 Å². The molecule has 0 saturated carbocycles. The van der Waals surface area contributed by atoms with E-state index in [9.17, 15) is 8.42 Å². The zero-order chi connectivity index (χ0) is 15.6. The minimum absolute atomic E-state index is 0.309. The number of nitrogens with one attached hydrogen (secondary N) is 1. The normalized spacial score (nSPS) is 16.6. The highest BCUT2D eigenvalue weighted by molar-refractivity contribution is 7.89. The molecule has 1 aromatic carbocycles. The molecular weight excluding hydrogens is 300 g/mol. The largest absolute Gasteiger partial charge is 0.298 e. The highest BCUT2D eigenvalue weighted by Gasteiger charge is 2.28. The monoisotopic (exact) mass is 320 g/mol. The number of nitrogens with zero attached hydrogens (tertiary/aromatic N) is 3. The van der Waals surface area contributed by atoms with Gasteiger partial charge >= 0.3 is 0 Å². The Morgan fingerprint density at radius 2 is 2.00 bits per heavy atom. The molecule has 0 unspecified atom stereocenters. The molecule has 1 saturated heterocycles. The maximum atomic E-state index is 12.1. The zero-order valence-corrected chi connectivity index (χ0v) is 13.3. The third-order valence-corrected chi connectivity index (χ3v) is 5.29. The summed E-state index contributed by atoms with van der Waals surface area (Å²) in [5.41, 5.74) is 1.16. The van der Waals surface area contributed by atoms with E-state index in [0.717, 1.165) is 18.7 Å². The molecule has 7 heteroatoms. The van der Waals surface area contributed by atoms with E-state index in [1.165, 1.54) is 0 Å². The molecule has 0 amide bonds. The van der Waals surface area contributed by atoms with Gasteiger partial charge in [-0.3, -0.25) is 9.58 Å². The number of hydrogen-bond acceptors (Lipinski definition) is 4. The molecule has 0 aliphatic carbocycles. The van der Waals surface area contributed by atoms with Crippen LogP contribution in [0.15, 0.2) is 47.6 Å². The summed E-state index contributed by atoms with van der Waals surface area (Å²) in [5.74, 6) is 0. The average molecular weight is 320 g/mol. The lowest BCUT2D eigenvalue weighted by atomic mass is 10.1. The average Bonchev–Trinajstić information content (AvgIpc) is 2.88. The number of rotatable bonds is 6. The summed E-state index contributed by atoms with van der Waals surface area (Å²) in [7, 11) is -3.40. The van der Waals surface area contributed by atoms with Gasteiger partial charge in [-0.1, -0.05) is 18.2 Å². The second-order valence-corrected chi connectivity index (χ2v) is 7.39. The third-order valence-electron chi connectivity index (χ3n) is 3.82. The fourth-order valence-electron chi connectivity index (χ4n) is 2.55. The molecule has 6 nitrogen and oxygen atoms in total. The number of sulfonamides is 1. The fraction of sp³-hybridized carbons (Fsp3) is 0.400. The van der Waals surface area contributed by atoms with Gasteiger partial charge in [0, 0.05) is 32.4 Å². The van der Waals surface area contributed by atoms with Crippen LogP contribution in [0.4, 0.5) is 0 Å². The van der Waals surface area contributed by atoms with E-state index in [1.807, 2.05) is 24.0 Å². The number of likely N-dealkylation sites (tertiary alicyclic amines) is 1. The molecule has 1 aliphatic rings. The van der Waals surface area contributed by atoms with E-state index in [2.05, 4.69) is 14.7 Å². The number of aryl methyl sites for hydroxylation is 1.